The van der Waals surface area contributed by atoms with E-state index in [-0.39, 0.29) is 0 Å². The summed E-state index contributed by atoms with van der Waals surface area (Å²) in [5.41, 5.74) is 2.03. The van der Waals surface area contributed by atoms with E-state index in [2.05, 4.69) is 4.98 Å². The molecule has 0 unspecified atom stereocenters. The van der Waals surface area contributed by atoms with Gasteiger partial charge in [0.05, 0.1) is 42.7 Å². The summed E-state index contributed by atoms with van der Waals surface area (Å²) < 4.78 is 7.81. The van der Waals surface area contributed by atoms with Gasteiger partial charge >= 0.3 is 0 Å². The Morgan fingerprint density at radius 3 is 2.90 bits per heavy atom. The zero-order valence-electron chi connectivity index (χ0n) is 11.7. The second-order valence-corrected chi connectivity index (χ2v) is 5.63. The molecule has 1 N–H and O–H groups in total. The molecule has 4 heteroatoms. The van der Waals surface area contributed by atoms with Crippen LogP contribution >= 0.6 is 0 Å². The number of nitrogens with zero attached hydrogens (tertiary/aromatic N) is 2. The monoisotopic (exact) mass is 274 g/mol. The molecule has 1 aliphatic carbocycles. The number of para-hydroxylation sites is 2. The van der Waals surface area contributed by atoms with Gasteiger partial charge in [-0.15, -0.1) is 0 Å². The standard InChI is InChI=1S/C16H22N2O2/c19-13(11-20-14-6-2-1-3-7-14)10-18-12-17-15-8-4-5-9-16(15)18/h4-5,8-9,12-14,19H,1-3,6-7,10-11H2/t13-/m1/s1. The van der Waals surface area contributed by atoms with Crippen molar-refractivity contribution in [1.29, 1.82) is 0 Å². The van der Waals surface area contributed by atoms with E-state index in [1.54, 1.807) is 6.33 Å². The molecule has 0 spiro atoms. The van der Waals surface area contributed by atoms with E-state index in [4.69, 9.17) is 4.74 Å². The molecule has 0 saturated heterocycles. The average molecular weight is 274 g/mol. The molecule has 1 saturated carbocycles. The predicted octanol–water partition coefficient (Wildman–Crippen LogP) is 2.75. The van der Waals surface area contributed by atoms with Gasteiger partial charge in [-0.3, -0.25) is 0 Å². The van der Waals surface area contributed by atoms with Crippen LogP contribution in [-0.2, 0) is 11.3 Å². The van der Waals surface area contributed by atoms with Gasteiger partial charge in [0.1, 0.15) is 0 Å². The predicted molar refractivity (Wildman–Crippen MR) is 78.6 cm³/mol. The number of aliphatic hydroxyl groups is 1. The van der Waals surface area contributed by atoms with E-state index in [1.165, 1.54) is 19.3 Å². The van der Waals surface area contributed by atoms with Gasteiger partial charge in [-0.1, -0.05) is 31.4 Å². The first-order valence-corrected chi connectivity index (χ1v) is 7.52. The lowest BCUT2D eigenvalue weighted by molar-refractivity contribution is -0.0280. The summed E-state index contributed by atoms with van der Waals surface area (Å²) in [4.78, 5) is 4.33. The normalized spacial score (nSPS) is 18.4. The van der Waals surface area contributed by atoms with E-state index in [0.717, 1.165) is 23.9 Å². The average Bonchev–Trinajstić information content (AvgIpc) is 2.90. The molecule has 0 radical (unpaired) electrons. The molecule has 0 amide bonds. The Kier molecular flexibility index (Phi) is 4.33. The van der Waals surface area contributed by atoms with Crippen molar-refractivity contribution in [3.8, 4) is 0 Å². The van der Waals surface area contributed by atoms with Gasteiger partial charge in [0.2, 0.25) is 0 Å². The summed E-state index contributed by atoms with van der Waals surface area (Å²) in [6.45, 7) is 0.949. The van der Waals surface area contributed by atoms with Gasteiger partial charge in [-0.2, -0.15) is 0 Å². The molecule has 3 rings (SSSR count). The topological polar surface area (TPSA) is 47.3 Å². The molecule has 0 bridgehead atoms. The number of fused-ring (bicyclic) bond motifs is 1. The number of hydrogen-bond acceptors (Lipinski definition) is 3. The van der Waals surface area contributed by atoms with Gasteiger partial charge in [0, 0.05) is 0 Å². The van der Waals surface area contributed by atoms with Crippen LogP contribution in [0.4, 0.5) is 0 Å². The van der Waals surface area contributed by atoms with E-state index < -0.39 is 6.10 Å². The number of ether oxygens (including phenoxy) is 1. The van der Waals surface area contributed by atoms with Crippen molar-refractivity contribution in [3.63, 3.8) is 0 Å². The highest BCUT2D eigenvalue weighted by molar-refractivity contribution is 5.74. The number of hydrogen-bond donors (Lipinski definition) is 1. The molecule has 1 aliphatic rings. The highest BCUT2D eigenvalue weighted by Gasteiger charge is 2.16. The Morgan fingerprint density at radius 1 is 1.25 bits per heavy atom. The highest BCUT2D eigenvalue weighted by atomic mass is 16.5. The van der Waals surface area contributed by atoms with Crippen LogP contribution in [0.25, 0.3) is 11.0 Å². The third kappa shape index (κ3) is 3.19. The van der Waals surface area contributed by atoms with Gasteiger partial charge in [-0.25, -0.2) is 4.98 Å². The molecule has 20 heavy (non-hydrogen) atoms. The maximum Gasteiger partial charge on any atom is 0.0959 e. The fourth-order valence-corrected chi connectivity index (χ4v) is 2.91. The van der Waals surface area contributed by atoms with Gasteiger partial charge in [0.15, 0.2) is 0 Å². The van der Waals surface area contributed by atoms with Crippen molar-refractivity contribution in [2.24, 2.45) is 0 Å². The molecular weight excluding hydrogens is 252 g/mol. The lowest BCUT2D eigenvalue weighted by atomic mass is 9.98. The minimum atomic E-state index is -0.477. The summed E-state index contributed by atoms with van der Waals surface area (Å²) >= 11 is 0. The van der Waals surface area contributed by atoms with Crippen LogP contribution in [0.5, 0.6) is 0 Å². The number of imidazole rings is 1. The minimum Gasteiger partial charge on any atom is -0.389 e. The second-order valence-electron chi connectivity index (χ2n) is 5.63. The van der Waals surface area contributed by atoms with Crippen LogP contribution in [0, 0.1) is 0 Å². The maximum absolute atomic E-state index is 10.1. The third-order valence-electron chi connectivity index (χ3n) is 4.01. The number of aromatic nitrogens is 2. The molecular formula is C16H22N2O2. The summed E-state index contributed by atoms with van der Waals surface area (Å²) in [6, 6.07) is 7.97. The Balaban J connectivity index is 1.54. The van der Waals surface area contributed by atoms with Crippen molar-refractivity contribution in [2.75, 3.05) is 6.61 Å². The number of aliphatic hydroxyl groups excluding tert-OH is 1. The van der Waals surface area contributed by atoms with Crippen molar-refractivity contribution >= 4 is 11.0 Å². The number of benzene rings is 1. The van der Waals surface area contributed by atoms with E-state index >= 15 is 0 Å². The molecule has 108 valence electrons. The van der Waals surface area contributed by atoms with Crippen molar-refractivity contribution in [3.05, 3.63) is 30.6 Å². The van der Waals surface area contributed by atoms with Crippen LogP contribution in [0.3, 0.4) is 0 Å². The zero-order chi connectivity index (χ0) is 13.8. The smallest absolute Gasteiger partial charge is 0.0959 e. The quantitative estimate of drug-likeness (QED) is 0.912. The third-order valence-corrected chi connectivity index (χ3v) is 4.01. The van der Waals surface area contributed by atoms with Crippen molar-refractivity contribution in [1.82, 2.24) is 9.55 Å². The maximum atomic E-state index is 10.1. The first-order valence-electron chi connectivity index (χ1n) is 7.52. The van der Waals surface area contributed by atoms with Gasteiger partial charge in [0.25, 0.3) is 0 Å². The Morgan fingerprint density at radius 2 is 2.05 bits per heavy atom. The fourth-order valence-electron chi connectivity index (χ4n) is 2.91. The van der Waals surface area contributed by atoms with Crippen LogP contribution in [-0.4, -0.2) is 33.5 Å². The second kappa shape index (κ2) is 6.37. The molecule has 0 aliphatic heterocycles. The fraction of sp³-hybridized carbons (Fsp3) is 0.562. The van der Waals surface area contributed by atoms with Crippen molar-refractivity contribution < 1.29 is 9.84 Å². The van der Waals surface area contributed by atoms with Crippen LogP contribution < -0.4 is 0 Å². The Labute approximate surface area is 119 Å². The van der Waals surface area contributed by atoms with Crippen LogP contribution in [0.2, 0.25) is 0 Å². The molecule has 1 fully saturated rings. The Hall–Kier alpha value is -1.39. The first kappa shape index (κ1) is 13.6. The molecule has 1 heterocycles. The minimum absolute atomic E-state index is 0.345. The van der Waals surface area contributed by atoms with Crippen LogP contribution in [0.1, 0.15) is 32.1 Å². The lowest BCUT2D eigenvalue weighted by Crippen LogP contribution is -2.26. The Bertz CT molecular complexity index is 546. The molecule has 2 aromatic rings. The SMILES string of the molecule is O[C@@H](COC1CCCCC1)Cn1cnc2ccccc21. The molecule has 1 aromatic carbocycles. The lowest BCUT2D eigenvalue weighted by Gasteiger charge is -2.23. The summed E-state index contributed by atoms with van der Waals surface area (Å²) in [7, 11) is 0. The van der Waals surface area contributed by atoms with E-state index in [9.17, 15) is 5.11 Å². The zero-order valence-corrected chi connectivity index (χ0v) is 11.7. The molecule has 4 nitrogen and oxygen atoms in total. The van der Waals surface area contributed by atoms with Gasteiger partial charge in [-0.05, 0) is 25.0 Å². The highest BCUT2D eigenvalue weighted by Crippen LogP contribution is 2.20. The largest absolute Gasteiger partial charge is 0.389 e. The van der Waals surface area contributed by atoms with Gasteiger partial charge < -0.3 is 14.4 Å². The molecule has 1 atom stereocenters. The van der Waals surface area contributed by atoms with Crippen molar-refractivity contribution in [2.45, 2.75) is 50.9 Å². The van der Waals surface area contributed by atoms with Crippen LogP contribution in [0.15, 0.2) is 30.6 Å². The van der Waals surface area contributed by atoms with E-state index in [1.807, 2.05) is 28.8 Å². The summed E-state index contributed by atoms with van der Waals surface area (Å²) in [6.07, 6.45) is 7.77. The first-order chi connectivity index (χ1) is 9.83. The summed E-state index contributed by atoms with van der Waals surface area (Å²) in [5.74, 6) is 0. The molecule has 1 aromatic heterocycles. The van der Waals surface area contributed by atoms with E-state index in [0.29, 0.717) is 19.3 Å². The number of rotatable bonds is 5. The summed E-state index contributed by atoms with van der Waals surface area (Å²) in [5, 5.41) is 10.1.